The molecule has 0 aliphatic rings. The molecule has 0 aromatic carbocycles. The zero-order chi connectivity index (χ0) is 10.9. The molecular weight excluding hydrogens is 190 g/mol. The molecule has 0 aromatic rings. The highest BCUT2D eigenvalue weighted by Crippen LogP contribution is 2.11. The van der Waals surface area contributed by atoms with Crippen LogP contribution < -0.4 is 5.32 Å². The minimum Gasteiger partial charge on any atom is -0.337 e. The fraction of sp³-hybridized carbons (Fsp3) is 0.875. The van der Waals surface area contributed by atoms with Crippen LogP contribution in [0.15, 0.2) is 0 Å². The maximum atomic E-state index is 11.2. The van der Waals surface area contributed by atoms with Crippen molar-refractivity contribution in [2.24, 2.45) is 5.92 Å². The number of carbonyl (C=O) groups excluding carboxylic acids is 1. The van der Waals surface area contributed by atoms with Crippen LogP contribution in [0, 0.1) is 5.92 Å². The molecule has 1 amide bonds. The molecule has 13 heavy (non-hydrogen) atoms. The van der Waals surface area contributed by atoms with Crippen LogP contribution in [0.25, 0.3) is 0 Å². The van der Waals surface area contributed by atoms with Crippen LogP contribution in [-0.2, 0) is 14.6 Å². The third-order valence-electron chi connectivity index (χ3n) is 1.88. The molecule has 1 N–H and O–H groups in total. The monoisotopic (exact) mass is 207 g/mol. The summed E-state index contributed by atoms with van der Waals surface area (Å²) >= 11 is 0. The molecule has 5 heteroatoms. The van der Waals surface area contributed by atoms with Crippen molar-refractivity contribution >= 4 is 15.7 Å². The van der Waals surface area contributed by atoms with Crippen molar-refractivity contribution in [3.63, 3.8) is 0 Å². The van der Waals surface area contributed by atoms with Gasteiger partial charge in [0.25, 0.3) is 0 Å². The van der Waals surface area contributed by atoms with Gasteiger partial charge in [-0.05, 0) is 13.8 Å². The highest BCUT2D eigenvalue weighted by atomic mass is 32.2. The van der Waals surface area contributed by atoms with Crippen LogP contribution in [0.2, 0.25) is 0 Å². The predicted octanol–water partition coefficient (Wildman–Crippen LogP) is 0.539. The topological polar surface area (TPSA) is 63.2 Å². The Morgan fingerprint density at radius 3 is 1.92 bits per heavy atom. The Bertz CT molecular complexity index is 291. The standard InChI is InChI=1S/C8H17NO3S/c1-6(2)7(10)9-8(3,4)13(5,11)12/h6H,1-5H3,(H,9,10). The van der Waals surface area contributed by atoms with E-state index in [4.69, 9.17) is 0 Å². The maximum Gasteiger partial charge on any atom is 0.223 e. The van der Waals surface area contributed by atoms with Crippen LogP contribution in [0.4, 0.5) is 0 Å². The summed E-state index contributed by atoms with van der Waals surface area (Å²) in [6.07, 6.45) is 1.10. The molecule has 0 atom stereocenters. The molecule has 0 fully saturated rings. The average molecular weight is 207 g/mol. The third kappa shape index (κ3) is 3.34. The number of amides is 1. The number of carbonyl (C=O) groups is 1. The van der Waals surface area contributed by atoms with Gasteiger partial charge in [0, 0.05) is 12.2 Å². The smallest absolute Gasteiger partial charge is 0.223 e. The third-order valence-corrected chi connectivity index (χ3v) is 3.83. The van der Waals surface area contributed by atoms with Gasteiger partial charge >= 0.3 is 0 Å². The van der Waals surface area contributed by atoms with Gasteiger partial charge in [0.2, 0.25) is 5.91 Å². The Balaban J connectivity index is 4.63. The predicted molar refractivity (Wildman–Crippen MR) is 51.9 cm³/mol. The normalized spacial score (nSPS) is 13.1. The van der Waals surface area contributed by atoms with E-state index in [0.717, 1.165) is 6.26 Å². The van der Waals surface area contributed by atoms with E-state index in [1.54, 1.807) is 13.8 Å². The zero-order valence-corrected chi connectivity index (χ0v) is 9.53. The van der Waals surface area contributed by atoms with Crippen molar-refractivity contribution in [1.29, 1.82) is 0 Å². The summed E-state index contributed by atoms with van der Waals surface area (Å²) in [5.41, 5.74) is 0. The van der Waals surface area contributed by atoms with Crippen molar-refractivity contribution < 1.29 is 13.2 Å². The molecule has 0 heterocycles. The van der Waals surface area contributed by atoms with Gasteiger partial charge in [-0.2, -0.15) is 0 Å². The van der Waals surface area contributed by atoms with E-state index in [-0.39, 0.29) is 11.8 Å². The molecule has 0 saturated carbocycles. The van der Waals surface area contributed by atoms with Crippen molar-refractivity contribution in [3.05, 3.63) is 0 Å². The van der Waals surface area contributed by atoms with Gasteiger partial charge in [0.05, 0.1) is 0 Å². The fourth-order valence-electron chi connectivity index (χ4n) is 0.534. The second-order valence-electron chi connectivity index (χ2n) is 3.93. The van der Waals surface area contributed by atoms with Gasteiger partial charge in [0.15, 0.2) is 9.84 Å². The molecule has 0 unspecified atom stereocenters. The minimum absolute atomic E-state index is 0.207. The highest BCUT2D eigenvalue weighted by molar-refractivity contribution is 7.92. The molecule has 4 nitrogen and oxygen atoms in total. The van der Waals surface area contributed by atoms with Crippen molar-refractivity contribution in [2.45, 2.75) is 32.6 Å². The lowest BCUT2D eigenvalue weighted by Gasteiger charge is -2.25. The Hall–Kier alpha value is -0.580. The molecule has 0 aliphatic carbocycles. The van der Waals surface area contributed by atoms with Crippen molar-refractivity contribution in [2.75, 3.05) is 6.26 Å². The first kappa shape index (κ1) is 12.4. The lowest BCUT2D eigenvalue weighted by molar-refractivity contribution is -0.124. The number of nitrogens with one attached hydrogen (secondary N) is 1. The van der Waals surface area contributed by atoms with E-state index in [1.165, 1.54) is 13.8 Å². The molecule has 0 rings (SSSR count). The van der Waals surface area contributed by atoms with Gasteiger partial charge in [0.1, 0.15) is 4.87 Å². The van der Waals surface area contributed by atoms with E-state index in [1.807, 2.05) is 0 Å². The Kier molecular flexibility index (Phi) is 3.49. The van der Waals surface area contributed by atoms with Gasteiger partial charge < -0.3 is 5.32 Å². The van der Waals surface area contributed by atoms with E-state index < -0.39 is 14.7 Å². The SMILES string of the molecule is CC(C)C(=O)NC(C)(C)S(C)(=O)=O. The average Bonchev–Trinajstić information content (AvgIpc) is 1.83. The molecule has 0 radical (unpaired) electrons. The molecule has 0 spiro atoms. The molecule has 78 valence electrons. The maximum absolute atomic E-state index is 11.2. The Labute approximate surface area is 79.6 Å². The lowest BCUT2D eigenvalue weighted by Crippen LogP contribution is -2.50. The second kappa shape index (κ2) is 3.65. The van der Waals surface area contributed by atoms with Crippen LogP contribution in [-0.4, -0.2) is 25.5 Å². The van der Waals surface area contributed by atoms with Crippen LogP contribution in [0.1, 0.15) is 27.7 Å². The molecule has 0 saturated heterocycles. The number of hydrogen-bond acceptors (Lipinski definition) is 3. The van der Waals surface area contributed by atoms with E-state index in [2.05, 4.69) is 5.32 Å². The summed E-state index contributed by atoms with van der Waals surface area (Å²) in [5, 5.41) is 2.47. The number of rotatable bonds is 3. The van der Waals surface area contributed by atoms with Crippen LogP contribution in [0.5, 0.6) is 0 Å². The van der Waals surface area contributed by atoms with E-state index in [0.29, 0.717) is 0 Å². The van der Waals surface area contributed by atoms with E-state index in [9.17, 15) is 13.2 Å². The summed E-state index contributed by atoms with van der Waals surface area (Å²) in [4.78, 5) is 10.0. The largest absolute Gasteiger partial charge is 0.337 e. The highest BCUT2D eigenvalue weighted by Gasteiger charge is 2.32. The van der Waals surface area contributed by atoms with Crippen molar-refractivity contribution in [1.82, 2.24) is 5.32 Å². The quantitative estimate of drug-likeness (QED) is 0.734. The second-order valence-corrected chi connectivity index (χ2v) is 6.49. The lowest BCUT2D eigenvalue weighted by atomic mass is 10.2. The fourth-order valence-corrected chi connectivity index (χ4v) is 0.820. The first-order valence-electron chi connectivity index (χ1n) is 4.09. The Morgan fingerprint density at radius 1 is 1.31 bits per heavy atom. The minimum atomic E-state index is -3.26. The van der Waals surface area contributed by atoms with Crippen LogP contribution >= 0.6 is 0 Å². The van der Waals surface area contributed by atoms with Gasteiger partial charge in [-0.3, -0.25) is 4.79 Å². The summed E-state index contributed by atoms with van der Waals surface area (Å²) in [5.74, 6) is -0.462. The van der Waals surface area contributed by atoms with Crippen molar-refractivity contribution in [3.8, 4) is 0 Å². The van der Waals surface area contributed by atoms with Gasteiger partial charge in [-0.1, -0.05) is 13.8 Å². The van der Waals surface area contributed by atoms with Gasteiger partial charge in [-0.15, -0.1) is 0 Å². The summed E-state index contributed by atoms with van der Waals surface area (Å²) in [6.45, 7) is 6.38. The molecule has 0 aliphatic heterocycles. The zero-order valence-electron chi connectivity index (χ0n) is 8.71. The van der Waals surface area contributed by atoms with Gasteiger partial charge in [-0.25, -0.2) is 8.42 Å². The van der Waals surface area contributed by atoms with E-state index >= 15 is 0 Å². The first-order valence-corrected chi connectivity index (χ1v) is 5.98. The molecule has 0 bridgehead atoms. The number of hydrogen-bond donors (Lipinski definition) is 1. The number of sulfone groups is 1. The van der Waals surface area contributed by atoms with Crippen LogP contribution in [0.3, 0.4) is 0 Å². The first-order chi connectivity index (χ1) is 5.58. The summed E-state index contributed by atoms with van der Waals surface area (Å²) in [6, 6.07) is 0. The molecular formula is C8H17NO3S. The summed E-state index contributed by atoms with van der Waals surface area (Å²) in [7, 11) is -3.26. The molecule has 0 aromatic heterocycles. The Morgan fingerprint density at radius 2 is 1.69 bits per heavy atom. The summed E-state index contributed by atoms with van der Waals surface area (Å²) < 4.78 is 22.4.